The molecular formula is C8H9NOS2. The number of aliphatic hydroxyl groups excluding tert-OH is 1. The van der Waals surface area contributed by atoms with Crippen molar-refractivity contribution in [3.8, 4) is 0 Å². The van der Waals surface area contributed by atoms with E-state index in [2.05, 4.69) is 11.4 Å². The highest BCUT2D eigenvalue weighted by Crippen LogP contribution is 2.38. The molecule has 64 valence electrons. The molecule has 2 heterocycles. The highest BCUT2D eigenvalue weighted by atomic mass is 32.2. The number of nitrogens with zero attached hydrogens (tertiary/aromatic N) is 1. The first-order valence-corrected chi connectivity index (χ1v) is 5.27. The number of thiophene rings is 1. The van der Waals surface area contributed by atoms with Crippen molar-refractivity contribution in [1.82, 2.24) is 4.31 Å². The summed E-state index contributed by atoms with van der Waals surface area (Å²) in [5, 5.41) is 11.1. The maximum absolute atomic E-state index is 9.00. The van der Waals surface area contributed by atoms with Crippen LogP contribution in [0.4, 0.5) is 0 Å². The molecule has 0 spiro atoms. The largest absolute Gasteiger partial charge is 0.390 e. The van der Waals surface area contributed by atoms with Crippen LogP contribution >= 0.6 is 23.3 Å². The molecule has 0 radical (unpaired) electrons. The van der Waals surface area contributed by atoms with Crippen LogP contribution in [-0.2, 0) is 0 Å². The van der Waals surface area contributed by atoms with Gasteiger partial charge in [-0.3, -0.25) is 0 Å². The lowest BCUT2D eigenvalue weighted by Gasteiger charge is -2.23. The monoisotopic (exact) mass is 199 g/mol. The van der Waals surface area contributed by atoms with Crippen LogP contribution in [0.2, 0.25) is 0 Å². The molecule has 12 heavy (non-hydrogen) atoms. The molecule has 0 fully saturated rings. The van der Waals surface area contributed by atoms with Gasteiger partial charge < -0.3 is 9.41 Å². The van der Waals surface area contributed by atoms with Crippen molar-refractivity contribution in [2.45, 2.75) is 4.21 Å². The van der Waals surface area contributed by atoms with Gasteiger partial charge in [-0.05, 0) is 29.5 Å². The summed E-state index contributed by atoms with van der Waals surface area (Å²) in [6, 6.07) is 2.08. The van der Waals surface area contributed by atoms with Gasteiger partial charge in [0, 0.05) is 12.6 Å². The van der Waals surface area contributed by atoms with Crippen LogP contribution < -0.4 is 0 Å². The summed E-state index contributed by atoms with van der Waals surface area (Å²) in [6.07, 6.45) is 2.03. The summed E-state index contributed by atoms with van der Waals surface area (Å²) >= 11 is 3.41. The van der Waals surface area contributed by atoms with E-state index in [4.69, 9.17) is 5.11 Å². The molecule has 1 N–H and O–H groups in total. The first-order valence-electron chi connectivity index (χ1n) is 3.62. The SMILES string of the molecule is CN1Sc2sccc2C=C1CO. The molecule has 2 nitrogen and oxygen atoms in total. The van der Waals surface area contributed by atoms with Crippen LogP contribution in [0.3, 0.4) is 0 Å². The van der Waals surface area contributed by atoms with E-state index in [0.29, 0.717) is 0 Å². The van der Waals surface area contributed by atoms with Crippen molar-refractivity contribution in [2.24, 2.45) is 0 Å². The quantitative estimate of drug-likeness (QED) is 0.700. The fraction of sp³-hybridized carbons (Fsp3) is 0.250. The first-order chi connectivity index (χ1) is 5.81. The molecule has 0 amide bonds. The van der Waals surface area contributed by atoms with Crippen molar-refractivity contribution >= 4 is 29.4 Å². The summed E-state index contributed by atoms with van der Waals surface area (Å²) in [5.74, 6) is 0. The summed E-state index contributed by atoms with van der Waals surface area (Å²) in [4.78, 5) is 0. The highest BCUT2D eigenvalue weighted by Gasteiger charge is 2.15. The Morgan fingerprint density at radius 3 is 3.17 bits per heavy atom. The number of aliphatic hydroxyl groups is 1. The Hall–Kier alpha value is -0.450. The first kappa shape index (κ1) is 8.16. The van der Waals surface area contributed by atoms with E-state index in [0.717, 1.165) is 5.70 Å². The Kier molecular flexibility index (Phi) is 2.12. The fourth-order valence-corrected chi connectivity index (χ4v) is 3.07. The average molecular weight is 199 g/mol. The predicted molar refractivity (Wildman–Crippen MR) is 53.0 cm³/mol. The van der Waals surface area contributed by atoms with Gasteiger partial charge in [0.15, 0.2) is 0 Å². The van der Waals surface area contributed by atoms with Gasteiger partial charge >= 0.3 is 0 Å². The van der Waals surface area contributed by atoms with Crippen molar-refractivity contribution in [1.29, 1.82) is 0 Å². The number of rotatable bonds is 1. The molecule has 1 aromatic rings. The van der Waals surface area contributed by atoms with Gasteiger partial charge in [-0.15, -0.1) is 11.3 Å². The van der Waals surface area contributed by atoms with Crippen molar-refractivity contribution in [2.75, 3.05) is 13.7 Å². The molecule has 1 aliphatic rings. The molecule has 0 aromatic carbocycles. The minimum atomic E-state index is 0.110. The molecule has 0 aliphatic carbocycles. The number of hydrogen-bond acceptors (Lipinski definition) is 4. The third-order valence-electron chi connectivity index (χ3n) is 1.77. The summed E-state index contributed by atoms with van der Waals surface area (Å²) < 4.78 is 3.30. The van der Waals surface area contributed by atoms with Crippen LogP contribution in [0.1, 0.15) is 5.56 Å². The lowest BCUT2D eigenvalue weighted by atomic mass is 10.3. The van der Waals surface area contributed by atoms with Crippen LogP contribution in [-0.4, -0.2) is 23.1 Å². The Labute approximate surface area is 79.6 Å². The Morgan fingerprint density at radius 2 is 2.42 bits per heavy atom. The van der Waals surface area contributed by atoms with E-state index >= 15 is 0 Å². The molecule has 0 saturated carbocycles. The maximum Gasteiger partial charge on any atom is 0.0882 e. The smallest absolute Gasteiger partial charge is 0.0882 e. The van der Waals surface area contributed by atoms with Gasteiger partial charge in [-0.1, -0.05) is 0 Å². The molecule has 0 saturated heterocycles. The zero-order valence-electron chi connectivity index (χ0n) is 6.65. The second kappa shape index (κ2) is 3.12. The zero-order valence-corrected chi connectivity index (χ0v) is 8.28. The third kappa shape index (κ3) is 1.26. The highest BCUT2D eigenvalue weighted by molar-refractivity contribution is 7.99. The Balaban J connectivity index is 2.40. The molecule has 2 rings (SSSR count). The minimum absolute atomic E-state index is 0.110. The second-order valence-electron chi connectivity index (χ2n) is 2.55. The van der Waals surface area contributed by atoms with E-state index in [-0.39, 0.29) is 6.61 Å². The molecule has 1 aromatic heterocycles. The van der Waals surface area contributed by atoms with E-state index in [9.17, 15) is 0 Å². The topological polar surface area (TPSA) is 23.5 Å². The van der Waals surface area contributed by atoms with Crippen molar-refractivity contribution in [3.05, 3.63) is 22.7 Å². The molecule has 0 bridgehead atoms. The third-order valence-corrected chi connectivity index (χ3v) is 3.91. The van der Waals surface area contributed by atoms with Gasteiger partial charge in [0.05, 0.1) is 16.5 Å². The molecule has 4 heteroatoms. The van der Waals surface area contributed by atoms with Gasteiger partial charge in [-0.25, -0.2) is 0 Å². The van der Waals surface area contributed by atoms with Crippen LogP contribution in [0.15, 0.2) is 21.4 Å². The van der Waals surface area contributed by atoms with Gasteiger partial charge in [-0.2, -0.15) is 0 Å². The summed E-state index contributed by atoms with van der Waals surface area (Å²) in [6.45, 7) is 0.110. The Morgan fingerprint density at radius 1 is 1.58 bits per heavy atom. The van der Waals surface area contributed by atoms with E-state index in [1.165, 1.54) is 9.77 Å². The Bertz CT molecular complexity index is 319. The average Bonchev–Trinajstić information content (AvgIpc) is 2.49. The van der Waals surface area contributed by atoms with E-state index in [1.54, 1.807) is 23.3 Å². The normalized spacial score (nSPS) is 15.8. The standard InChI is InChI=1S/C8H9NOS2/c1-9-7(5-10)4-6-2-3-11-8(6)12-9/h2-4,10H,5H2,1H3. The second-order valence-corrected chi connectivity index (χ2v) is 4.86. The lowest BCUT2D eigenvalue weighted by Crippen LogP contribution is -2.14. The minimum Gasteiger partial charge on any atom is -0.390 e. The summed E-state index contributed by atoms with van der Waals surface area (Å²) in [5.41, 5.74) is 2.19. The predicted octanol–water partition coefficient (Wildman–Crippen LogP) is 2.03. The fourth-order valence-electron chi connectivity index (χ4n) is 1.09. The van der Waals surface area contributed by atoms with Crippen LogP contribution in [0, 0.1) is 0 Å². The van der Waals surface area contributed by atoms with Gasteiger partial charge in [0.1, 0.15) is 0 Å². The number of hydrogen-bond donors (Lipinski definition) is 1. The van der Waals surface area contributed by atoms with Crippen LogP contribution in [0.5, 0.6) is 0 Å². The summed E-state index contributed by atoms with van der Waals surface area (Å²) in [7, 11) is 1.97. The van der Waals surface area contributed by atoms with Crippen LogP contribution in [0.25, 0.3) is 6.08 Å². The number of likely N-dealkylation sites (N-methyl/N-ethyl adjacent to an activating group) is 1. The van der Waals surface area contributed by atoms with E-state index in [1.807, 2.05) is 17.4 Å². The molecule has 0 unspecified atom stereocenters. The zero-order chi connectivity index (χ0) is 8.55. The van der Waals surface area contributed by atoms with Gasteiger partial charge in [0.25, 0.3) is 0 Å². The number of fused-ring (bicyclic) bond motifs is 1. The maximum atomic E-state index is 9.00. The molecule has 0 atom stereocenters. The van der Waals surface area contributed by atoms with Gasteiger partial charge in [0.2, 0.25) is 0 Å². The lowest BCUT2D eigenvalue weighted by molar-refractivity contribution is 0.311. The van der Waals surface area contributed by atoms with E-state index < -0.39 is 0 Å². The molecular weight excluding hydrogens is 190 g/mol. The molecule has 1 aliphatic heterocycles. The van der Waals surface area contributed by atoms with Crippen molar-refractivity contribution < 1.29 is 5.11 Å². The van der Waals surface area contributed by atoms with Crippen molar-refractivity contribution in [3.63, 3.8) is 0 Å².